The monoisotopic (exact) mass is 661 g/mol. The lowest BCUT2D eigenvalue weighted by molar-refractivity contribution is -0.163. The molecule has 48 heavy (non-hydrogen) atoms. The minimum absolute atomic E-state index is 0.0403. The zero-order valence-corrected chi connectivity index (χ0v) is 28.0. The molecule has 2 heterocycles. The summed E-state index contributed by atoms with van der Waals surface area (Å²) in [7, 11) is 3.18. The summed E-state index contributed by atoms with van der Waals surface area (Å²) in [6, 6.07) is 11.4. The van der Waals surface area contributed by atoms with E-state index in [4.69, 9.17) is 18.9 Å². The van der Waals surface area contributed by atoms with Crippen LogP contribution in [-0.4, -0.2) is 73.6 Å². The molecule has 11 nitrogen and oxygen atoms in total. The molecule has 0 radical (unpaired) electrons. The number of rotatable bonds is 6. The number of hydrogen-bond donors (Lipinski definition) is 2. The van der Waals surface area contributed by atoms with E-state index in [1.807, 2.05) is 24.3 Å². The van der Waals surface area contributed by atoms with Crippen molar-refractivity contribution in [3.8, 4) is 17.2 Å². The van der Waals surface area contributed by atoms with Crippen LogP contribution in [0.1, 0.15) is 87.9 Å². The van der Waals surface area contributed by atoms with Gasteiger partial charge in [-0.2, -0.15) is 0 Å². The van der Waals surface area contributed by atoms with Crippen LogP contribution in [0.3, 0.4) is 0 Å². The Kier molecular flexibility index (Phi) is 10.4. The molecule has 2 aromatic carbocycles. The predicted octanol–water partition coefficient (Wildman–Crippen LogP) is 4.41. The number of esters is 1. The zero-order chi connectivity index (χ0) is 33.7. The zero-order valence-electron chi connectivity index (χ0n) is 28.0. The van der Waals surface area contributed by atoms with Gasteiger partial charge in [0, 0.05) is 6.54 Å². The molecule has 2 N–H and O–H groups in total. The van der Waals surface area contributed by atoms with Crippen LogP contribution in [0.4, 0.5) is 0 Å². The Hall–Kier alpha value is -4.28. The van der Waals surface area contributed by atoms with Crippen molar-refractivity contribution in [2.75, 3.05) is 27.4 Å². The van der Waals surface area contributed by atoms with Gasteiger partial charge in [-0.1, -0.05) is 37.5 Å². The number of nitrogens with zero attached hydrogens (tertiary/aromatic N) is 1. The lowest BCUT2D eigenvalue weighted by atomic mass is 9.82. The summed E-state index contributed by atoms with van der Waals surface area (Å²) in [5.74, 6) is 0.179. The molecule has 11 heteroatoms. The maximum atomic E-state index is 14.4. The summed E-state index contributed by atoms with van der Waals surface area (Å²) < 4.78 is 23.1. The average molecular weight is 662 g/mol. The number of nitrogens with one attached hydrogen (secondary N) is 2. The lowest BCUT2D eigenvalue weighted by Gasteiger charge is -2.40. The molecule has 0 aromatic heterocycles. The van der Waals surface area contributed by atoms with Crippen molar-refractivity contribution in [1.29, 1.82) is 0 Å². The highest BCUT2D eigenvalue weighted by Crippen LogP contribution is 2.38. The second kappa shape index (κ2) is 14.9. The van der Waals surface area contributed by atoms with Gasteiger partial charge in [0.25, 0.3) is 5.91 Å². The second-order valence-electron chi connectivity index (χ2n) is 13.5. The van der Waals surface area contributed by atoms with Crippen LogP contribution < -0.4 is 24.8 Å². The first-order valence-electron chi connectivity index (χ1n) is 17.4. The number of carbonyl (C=O) groups is 4. The molecule has 3 atom stereocenters. The van der Waals surface area contributed by atoms with Gasteiger partial charge in [-0.25, -0.2) is 4.79 Å². The van der Waals surface area contributed by atoms with Gasteiger partial charge < -0.3 is 34.5 Å². The number of benzene rings is 2. The summed E-state index contributed by atoms with van der Waals surface area (Å²) in [6.07, 6.45) is 8.09. The molecule has 2 aromatic rings. The van der Waals surface area contributed by atoms with E-state index in [-0.39, 0.29) is 24.3 Å². The van der Waals surface area contributed by atoms with E-state index >= 15 is 0 Å². The number of aryl methyl sites for hydroxylation is 1. The van der Waals surface area contributed by atoms with Crippen LogP contribution in [0.2, 0.25) is 0 Å². The third kappa shape index (κ3) is 7.55. The van der Waals surface area contributed by atoms with E-state index in [1.54, 1.807) is 37.3 Å². The SMILES string of the molecule is COc1ccc(CC[C@H]2OC(=O)[C@@H]3CCCCN3C(=O)[C@@H](C3CCCCC3)NC(=O)C3(CC3)NC(=O)COc3cccc2c3)cc1OC. The number of amides is 3. The van der Waals surface area contributed by atoms with Crippen molar-refractivity contribution < 1.29 is 38.1 Å². The average Bonchev–Trinajstić information content (AvgIpc) is 3.91. The van der Waals surface area contributed by atoms with Gasteiger partial charge in [0.1, 0.15) is 29.5 Å². The van der Waals surface area contributed by atoms with Crippen LogP contribution in [0.5, 0.6) is 17.2 Å². The summed E-state index contributed by atoms with van der Waals surface area (Å²) in [6.45, 7) is 0.134. The van der Waals surface area contributed by atoms with Gasteiger partial charge in [0.15, 0.2) is 18.1 Å². The topological polar surface area (TPSA) is 132 Å². The Morgan fingerprint density at radius 3 is 2.42 bits per heavy atom. The number of cyclic esters (lactones) is 1. The number of piperidine rings is 1. The van der Waals surface area contributed by atoms with Crippen LogP contribution in [-0.2, 0) is 30.3 Å². The smallest absolute Gasteiger partial charge is 0.329 e. The molecule has 258 valence electrons. The fraction of sp³-hybridized carbons (Fsp3) is 0.568. The Labute approximate surface area is 282 Å². The highest BCUT2D eigenvalue weighted by Gasteiger charge is 2.53. The van der Waals surface area contributed by atoms with E-state index < -0.39 is 35.6 Å². The third-order valence-corrected chi connectivity index (χ3v) is 10.3. The van der Waals surface area contributed by atoms with Crippen molar-refractivity contribution >= 4 is 23.7 Å². The van der Waals surface area contributed by atoms with Crippen LogP contribution in [0, 0.1) is 5.92 Å². The Morgan fingerprint density at radius 1 is 0.896 bits per heavy atom. The largest absolute Gasteiger partial charge is 0.493 e. The molecule has 1 spiro atoms. The molecule has 2 bridgehead atoms. The summed E-state index contributed by atoms with van der Waals surface area (Å²) >= 11 is 0. The minimum atomic E-state index is -1.06. The maximum absolute atomic E-state index is 14.4. The van der Waals surface area contributed by atoms with E-state index in [2.05, 4.69) is 10.6 Å². The van der Waals surface area contributed by atoms with Gasteiger partial charge in [-0.05, 0) is 99.1 Å². The quantitative estimate of drug-likeness (QED) is 0.436. The number of fused-ring (bicyclic) bond motifs is 3. The molecule has 2 aliphatic heterocycles. The van der Waals surface area contributed by atoms with Crippen molar-refractivity contribution in [3.63, 3.8) is 0 Å². The first-order valence-corrected chi connectivity index (χ1v) is 17.4. The Balaban J connectivity index is 1.32. The fourth-order valence-corrected chi connectivity index (χ4v) is 7.38. The minimum Gasteiger partial charge on any atom is -0.493 e. The van der Waals surface area contributed by atoms with Crippen LogP contribution >= 0.6 is 0 Å². The van der Waals surface area contributed by atoms with Gasteiger partial charge in [0.2, 0.25) is 11.8 Å². The van der Waals surface area contributed by atoms with Crippen molar-refractivity contribution in [2.45, 2.75) is 101 Å². The first kappa shape index (κ1) is 33.6. The van der Waals surface area contributed by atoms with Gasteiger partial charge in [0.05, 0.1) is 14.2 Å². The normalized spacial score (nSPS) is 25.1. The summed E-state index contributed by atoms with van der Waals surface area (Å²) in [5, 5.41) is 5.95. The van der Waals surface area contributed by atoms with Crippen molar-refractivity contribution in [3.05, 3.63) is 53.6 Å². The first-order chi connectivity index (χ1) is 23.3. The van der Waals surface area contributed by atoms with Gasteiger partial charge in [-0.15, -0.1) is 0 Å². The van der Waals surface area contributed by atoms with Gasteiger partial charge >= 0.3 is 5.97 Å². The molecular weight excluding hydrogens is 614 g/mol. The van der Waals surface area contributed by atoms with E-state index in [9.17, 15) is 19.2 Å². The Bertz CT molecular complexity index is 1500. The van der Waals surface area contributed by atoms with E-state index in [1.165, 1.54) is 0 Å². The number of ether oxygens (including phenoxy) is 4. The predicted molar refractivity (Wildman–Crippen MR) is 177 cm³/mol. The van der Waals surface area contributed by atoms with E-state index in [0.29, 0.717) is 55.9 Å². The van der Waals surface area contributed by atoms with Crippen molar-refractivity contribution in [1.82, 2.24) is 15.5 Å². The molecular formula is C37H47N3O8. The van der Waals surface area contributed by atoms with Crippen molar-refractivity contribution in [2.24, 2.45) is 5.92 Å². The summed E-state index contributed by atoms with van der Waals surface area (Å²) in [4.78, 5) is 57.0. The molecule has 3 amide bonds. The molecule has 2 saturated carbocycles. The second-order valence-corrected chi connectivity index (χ2v) is 13.5. The molecule has 2 aliphatic carbocycles. The van der Waals surface area contributed by atoms with Crippen LogP contribution in [0.15, 0.2) is 42.5 Å². The highest BCUT2D eigenvalue weighted by molar-refractivity contribution is 5.98. The molecule has 0 unspecified atom stereocenters. The number of hydrogen-bond acceptors (Lipinski definition) is 8. The van der Waals surface area contributed by atoms with Gasteiger partial charge in [-0.3, -0.25) is 14.4 Å². The molecule has 3 fully saturated rings. The molecule has 1 saturated heterocycles. The molecule has 6 rings (SSSR count). The highest BCUT2D eigenvalue weighted by atomic mass is 16.5. The number of methoxy groups -OCH3 is 2. The van der Waals surface area contributed by atoms with E-state index in [0.717, 1.165) is 56.1 Å². The standard InChI is InChI=1S/C37H47N3O8/c1-45-30-17-15-24(21-31(30)46-2)14-16-29-26-11-8-12-27(22-26)47-23-32(41)39-37(18-19-37)36(44)38-33(25-9-4-3-5-10-25)34(42)40-20-7-6-13-28(40)35(43)48-29/h8,11-12,15,17,21-22,25,28-29,33H,3-7,9-10,13-14,16,18-20,23H2,1-2H3,(H,38,44)(H,39,41)/t28-,29+,33+/m0/s1. The van der Waals surface area contributed by atoms with Crippen LogP contribution in [0.25, 0.3) is 0 Å². The summed E-state index contributed by atoms with van der Waals surface area (Å²) in [5.41, 5.74) is 0.639. The molecule has 4 aliphatic rings. The lowest BCUT2D eigenvalue weighted by Crippen LogP contribution is -2.61. The number of carbonyl (C=O) groups excluding carboxylic acids is 4. The Morgan fingerprint density at radius 2 is 1.67 bits per heavy atom. The fourth-order valence-electron chi connectivity index (χ4n) is 7.38. The maximum Gasteiger partial charge on any atom is 0.329 e. The third-order valence-electron chi connectivity index (χ3n) is 10.3.